The van der Waals surface area contributed by atoms with E-state index in [4.69, 9.17) is 0 Å². The first-order valence-electron chi connectivity index (χ1n) is 4.99. The first-order valence-corrected chi connectivity index (χ1v) is 4.99. The van der Waals surface area contributed by atoms with Crippen molar-refractivity contribution in [3.05, 3.63) is 26.4 Å². The fourth-order valence-corrected chi connectivity index (χ4v) is 1.42. The number of aromatic hydroxyl groups is 1. The van der Waals surface area contributed by atoms with Gasteiger partial charge in [0.25, 0.3) is 5.56 Å². The number of aliphatic carboxylic acids is 1. The average Bonchev–Trinajstić information content (AvgIpc) is 2.31. The van der Waals surface area contributed by atoms with Crippen LogP contribution in [0.5, 0.6) is 5.88 Å². The van der Waals surface area contributed by atoms with Crippen LogP contribution >= 0.6 is 0 Å². The number of rotatable bonds is 4. The Hall–Kier alpha value is -2.38. The standard InChI is InChI=1S/C10H12N2O6/c1-11-8(16)7(5(13)3-4-6(14)15)9(17)12(2)10(11)18/h16H,3-4H2,1-2H3,(H,14,15)/p-1. The largest absolute Gasteiger partial charge is 0.550 e. The van der Waals surface area contributed by atoms with E-state index in [-0.39, 0.29) is 0 Å². The highest BCUT2D eigenvalue weighted by Gasteiger charge is 2.21. The first-order chi connectivity index (χ1) is 8.27. The highest BCUT2D eigenvalue weighted by Crippen LogP contribution is 2.11. The summed E-state index contributed by atoms with van der Waals surface area (Å²) in [5.74, 6) is -3.07. The van der Waals surface area contributed by atoms with E-state index in [0.717, 1.165) is 11.6 Å². The number of hydrogen-bond acceptors (Lipinski definition) is 6. The van der Waals surface area contributed by atoms with Crippen LogP contribution in [0, 0.1) is 0 Å². The molecule has 0 aromatic carbocycles. The Labute approximate surface area is 101 Å². The predicted octanol–water partition coefficient (Wildman–Crippen LogP) is -2.50. The molecule has 1 aromatic rings. The predicted molar refractivity (Wildman–Crippen MR) is 57.2 cm³/mol. The summed E-state index contributed by atoms with van der Waals surface area (Å²) in [6.45, 7) is 0. The molecule has 0 saturated heterocycles. The SMILES string of the molecule is Cn1c(O)c(C(=O)CCC(=O)[O-])c(=O)n(C)c1=O. The molecule has 0 bridgehead atoms. The summed E-state index contributed by atoms with van der Waals surface area (Å²) in [5, 5.41) is 19.8. The van der Waals surface area contributed by atoms with E-state index >= 15 is 0 Å². The van der Waals surface area contributed by atoms with Gasteiger partial charge in [-0.25, -0.2) is 4.79 Å². The molecular weight excluding hydrogens is 244 g/mol. The smallest absolute Gasteiger partial charge is 0.333 e. The van der Waals surface area contributed by atoms with Gasteiger partial charge in [0.05, 0.1) is 0 Å². The minimum atomic E-state index is -1.44. The maximum atomic E-state index is 11.7. The number of carbonyl (C=O) groups excluding carboxylic acids is 2. The van der Waals surface area contributed by atoms with Crippen LogP contribution < -0.4 is 16.4 Å². The van der Waals surface area contributed by atoms with Gasteiger partial charge in [-0.3, -0.25) is 18.7 Å². The topological polar surface area (TPSA) is 121 Å². The van der Waals surface area contributed by atoms with Crippen molar-refractivity contribution in [2.24, 2.45) is 14.1 Å². The summed E-state index contributed by atoms with van der Waals surface area (Å²) in [6.07, 6.45) is -1.05. The molecule has 0 spiro atoms. The monoisotopic (exact) mass is 255 g/mol. The number of nitrogens with zero attached hydrogens (tertiary/aromatic N) is 2. The lowest BCUT2D eigenvalue weighted by molar-refractivity contribution is -0.305. The van der Waals surface area contributed by atoms with E-state index < -0.39 is 47.3 Å². The zero-order valence-electron chi connectivity index (χ0n) is 9.80. The Kier molecular flexibility index (Phi) is 3.70. The second-order valence-electron chi connectivity index (χ2n) is 3.70. The molecule has 8 heteroatoms. The third-order valence-electron chi connectivity index (χ3n) is 2.47. The molecule has 0 saturated carbocycles. The van der Waals surface area contributed by atoms with Gasteiger partial charge in [0.1, 0.15) is 5.56 Å². The second kappa shape index (κ2) is 4.86. The molecule has 8 nitrogen and oxygen atoms in total. The van der Waals surface area contributed by atoms with Crippen LogP contribution in [0.25, 0.3) is 0 Å². The highest BCUT2D eigenvalue weighted by molar-refractivity contribution is 5.98. The molecule has 0 unspecified atom stereocenters. The Bertz CT molecular complexity index is 624. The number of carboxylic acid groups (broad SMARTS) is 1. The van der Waals surface area contributed by atoms with Gasteiger partial charge in [0.15, 0.2) is 5.78 Å². The lowest BCUT2D eigenvalue weighted by Gasteiger charge is -2.09. The number of hydrogen-bond donors (Lipinski definition) is 1. The van der Waals surface area contributed by atoms with Gasteiger partial charge in [-0.05, 0) is 6.42 Å². The maximum Gasteiger partial charge on any atom is 0.333 e. The van der Waals surface area contributed by atoms with Gasteiger partial charge >= 0.3 is 5.69 Å². The number of aromatic nitrogens is 2. The first kappa shape index (κ1) is 13.7. The van der Waals surface area contributed by atoms with E-state index in [0.29, 0.717) is 4.57 Å². The van der Waals surface area contributed by atoms with Crippen molar-refractivity contribution >= 4 is 11.8 Å². The fourth-order valence-electron chi connectivity index (χ4n) is 1.42. The summed E-state index contributed by atoms with van der Waals surface area (Å²) in [6, 6.07) is 0. The Morgan fingerprint density at radius 2 is 1.72 bits per heavy atom. The molecule has 0 atom stereocenters. The van der Waals surface area contributed by atoms with E-state index in [1.165, 1.54) is 7.05 Å². The molecule has 1 N–H and O–H groups in total. The van der Waals surface area contributed by atoms with Crippen LogP contribution in [0.3, 0.4) is 0 Å². The summed E-state index contributed by atoms with van der Waals surface area (Å²) in [4.78, 5) is 44.9. The molecule has 1 rings (SSSR count). The zero-order chi connectivity index (χ0) is 14.0. The molecule has 1 heterocycles. The van der Waals surface area contributed by atoms with E-state index in [9.17, 15) is 29.4 Å². The fraction of sp³-hybridized carbons (Fsp3) is 0.400. The van der Waals surface area contributed by atoms with Gasteiger partial charge in [0.2, 0.25) is 5.88 Å². The molecule has 0 aliphatic heterocycles. The minimum Gasteiger partial charge on any atom is -0.550 e. The van der Waals surface area contributed by atoms with Gasteiger partial charge in [-0.2, -0.15) is 0 Å². The molecule has 0 radical (unpaired) electrons. The number of Topliss-reactive ketones (excluding diaryl/α,β-unsaturated/α-hetero) is 1. The Morgan fingerprint density at radius 1 is 1.17 bits per heavy atom. The molecule has 18 heavy (non-hydrogen) atoms. The van der Waals surface area contributed by atoms with Gasteiger partial charge in [-0.15, -0.1) is 0 Å². The van der Waals surface area contributed by atoms with E-state index in [1.807, 2.05) is 0 Å². The lowest BCUT2D eigenvalue weighted by atomic mass is 10.1. The van der Waals surface area contributed by atoms with Crippen LogP contribution in [0.15, 0.2) is 9.59 Å². The van der Waals surface area contributed by atoms with Crippen molar-refractivity contribution in [1.29, 1.82) is 0 Å². The van der Waals surface area contributed by atoms with E-state index in [1.54, 1.807) is 0 Å². The Balaban J connectivity index is 3.34. The number of carbonyl (C=O) groups is 2. The minimum absolute atomic E-state index is 0.483. The molecule has 0 aliphatic carbocycles. The Morgan fingerprint density at radius 3 is 2.22 bits per heavy atom. The molecule has 0 aliphatic rings. The third-order valence-corrected chi connectivity index (χ3v) is 2.47. The third kappa shape index (κ3) is 2.31. The number of carboxylic acids is 1. The van der Waals surface area contributed by atoms with Crippen LogP contribution in [0.2, 0.25) is 0 Å². The highest BCUT2D eigenvalue weighted by atomic mass is 16.4. The summed E-state index contributed by atoms with van der Waals surface area (Å²) in [7, 11) is 2.34. The summed E-state index contributed by atoms with van der Waals surface area (Å²) < 4.78 is 1.39. The van der Waals surface area contributed by atoms with Gasteiger partial charge < -0.3 is 15.0 Å². The molecule has 1 aromatic heterocycles. The van der Waals surface area contributed by atoms with Crippen LogP contribution in [0.4, 0.5) is 0 Å². The number of ketones is 1. The van der Waals surface area contributed by atoms with Gasteiger partial charge in [0, 0.05) is 26.5 Å². The second-order valence-corrected chi connectivity index (χ2v) is 3.70. The van der Waals surface area contributed by atoms with Crippen LogP contribution in [-0.2, 0) is 18.9 Å². The molecule has 0 fully saturated rings. The van der Waals surface area contributed by atoms with E-state index in [2.05, 4.69) is 0 Å². The van der Waals surface area contributed by atoms with Crippen molar-refractivity contribution in [2.45, 2.75) is 12.8 Å². The maximum absolute atomic E-state index is 11.7. The summed E-state index contributed by atoms with van der Waals surface area (Å²) >= 11 is 0. The van der Waals surface area contributed by atoms with Gasteiger partial charge in [-0.1, -0.05) is 0 Å². The quantitative estimate of drug-likeness (QED) is 0.593. The van der Waals surface area contributed by atoms with Crippen molar-refractivity contribution in [3.8, 4) is 5.88 Å². The molecule has 0 amide bonds. The lowest BCUT2D eigenvalue weighted by Crippen LogP contribution is -2.40. The zero-order valence-corrected chi connectivity index (χ0v) is 9.80. The molecular formula is C10H11N2O6-. The molecule has 98 valence electrons. The van der Waals surface area contributed by atoms with Crippen molar-refractivity contribution in [2.75, 3.05) is 0 Å². The van der Waals surface area contributed by atoms with Crippen molar-refractivity contribution in [1.82, 2.24) is 9.13 Å². The summed E-state index contributed by atoms with van der Waals surface area (Å²) in [5.41, 5.74) is -2.34. The van der Waals surface area contributed by atoms with Crippen LogP contribution in [-0.4, -0.2) is 26.0 Å². The van der Waals surface area contributed by atoms with Crippen LogP contribution in [0.1, 0.15) is 23.2 Å². The normalized spacial score (nSPS) is 10.3. The van der Waals surface area contributed by atoms with Crippen molar-refractivity contribution in [3.63, 3.8) is 0 Å². The average molecular weight is 255 g/mol. The van der Waals surface area contributed by atoms with Crippen molar-refractivity contribution < 1.29 is 19.8 Å².